The number of unbranched alkanes of at least 4 members (excludes halogenated alkanes) is 2. The molecule has 0 atom stereocenters. The Kier molecular flexibility index (Phi) is 7.40. The maximum Gasteiger partial charge on any atom is 0.0339 e. The van der Waals surface area contributed by atoms with Crippen LogP contribution >= 0.6 is 0 Å². The Morgan fingerprint density at radius 2 is 1.17 bits per heavy atom. The first kappa shape index (κ1) is 20.9. The van der Waals surface area contributed by atoms with Gasteiger partial charge in [-0.1, -0.05) is 118 Å². The molecule has 0 nitrogen and oxygen atoms in total. The minimum absolute atomic E-state index is 0.302. The Labute approximate surface area is 183 Å². The normalized spacial score (nSPS) is 19.1. The fraction of sp³-hybridized carbons (Fsp3) is 0.400. The lowest BCUT2D eigenvalue weighted by Crippen LogP contribution is -2.13. The predicted molar refractivity (Wildman–Crippen MR) is 129 cm³/mol. The van der Waals surface area contributed by atoms with Gasteiger partial charge < -0.3 is 0 Å². The molecular weight excluding hydrogens is 360 g/mol. The van der Waals surface area contributed by atoms with Crippen LogP contribution in [0.5, 0.6) is 0 Å². The van der Waals surface area contributed by atoms with Gasteiger partial charge in [-0.15, -0.1) is 0 Å². The van der Waals surface area contributed by atoms with Gasteiger partial charge in [0, 0.05) is 5.92 Å². The molecule has 1 saturated carbocycles. The summed E-state index contributed by atoms with van der Waals surface area (Å²) in [7, 11) is 0. The van der Waals surface area contributed by atoms with Crippen LogP contribution in [0, 0.1) is 5.92 Å². The highest BCUT2D eigenvalue weighted by molar-refractivity contribution is 5.43. The predicted octanol–water partition coefficient (Wildman–Crippen LogP) is 8.72. The van der Waals surface area contributed by atoms with Gasteiger partial charge in [0.25, 0.3) is 0 Å². The van der Waals surface area contributed by atoms with Crippen LogP contribution in [-0.2, 0) is 0 Å². The van der Waals surface area contributed by atoms with Crippen molar-refractivity contribution in [1.29, 1.82) is 0 Å². The van der Waals surface area contributed by atoms with Crippen LogP contribution in [0.15, 0.2) is 84.9 Å². The molecule has 0 bridgehead atoms. The molecule has 1 aliphatic rings. The topological polar surface area (TPSA) is 0 Å². The molecular formula is C30H36. The molecule has 0 heteroatoms. The molecule has 4 rings (SSSR count). The van der Waals surface area contributed by atoms with Crippen LogP contribution in [0.25, 0.3) is 0 Å². The van der Waals surface area contributed by atoms with E-state index in [4.69, 9.17) is 0 Å². The largest absolute Gasteiger partial charge is 0.0654 e. The molecule has 0 saturated heterocycles. The molecule has 0 radical (unpaired) electrons. The molecule has 0 aromatic heterocycles. The van der Waals surface area contributed by atoms with Gasteiger partial charge in [0.15, 0.2) is 0 Å². The molecule has 1 aliphatic carbocycles. The number of benzene rings is 3. The summed E-state index contributed by atoms with van der Waals surface area (Å²) < 4.78 is 0. The van der Waals surface area contributed by atoms with Crippen molar-refractivity contribution in [2.24, 2.45) is 5.92 Å². The summed E-state index contributed by atoms with van der Waals surface area (Å²) in [5, 5.41) is 0. The van der Waals surface area contributed by atoms with Gasteiger partial charge >= 0.3 is 0 Å². The first-order chi connectivity index (χ1) is 14.8. The van der Waals surface area contributed by atoms with E-state index in [1.54, 1.807) is 5.56 Å². The Morgan fingerprint density at radius 3 is 1.70 bits per heavy atom. The summed E-state index contributed by atoms with van der Waals surface area (Å²) in [5.74, 6) is 2.04. The highest BCUT2D eigenvalue weighted by Gasteiger charge is 2.23. The molecule has 3 aromatic rings. The summed E-state index contributed by atoms with van der Waals surface area (Å²) in [6.07, 6.45) is 11.2. The standard InChI is InChI=1S/C30H36/c1-2-3-6-11-24-16-18-25(19-17-24)26-20-22-29(23-21-26)30(27-12-7-4-8-13-27)28-14-9-5-10-15-28/h4-5,7-10,12-15,20-25,30H,2-3,6,11,16-19H2,1H3. The van der Waals surface area contributed by atoms with Gasteiger partial charge in [0.05, 0.1) is 0 Å². The minimum atomic E-state index is 0.302. The van der Waals surface area contributed by atoms with Crippen LogP contribution in [0.4, 0.5) is 0 Å². The fourth-order valence-electron chi connectivity index (χ4n) is 5.30. The van der Waals surface area contributed by atoms with Gasteiger partial charge in [-0.05, 0) is 59.8 Å². The van der Waals surface area contributed by atoms with Crippen molar-refractivity contribution in [3.63, 3.8) is 0 Å². The zero-order chi connectivity index (χ0) is 20.6. The molecule has 0 aliphatic heterocycles. The van der Waals surface area contributed by atoms with Crippen molar-refractivity contribution in [3.05, 3.63) is 107 Å². The lowest BCUT2D eigenvalue weighted by atomic mass is 9.76. The molecule has 0 amide bonds. The van der Waals surface area contributed by atoms with Gasteiger partial charge in [0.1, 0.15) is 0 Å². The molecule has 1 fully saturated rings. The second-order valence-electron chi connectivity index (χ2n) is 9.13. The third kappa shape index (κ3) is 5.22. The Bertz CT molecular complexity index is 815. The summed E-state index contributed by atoms with van der Waals surface area (Å²) >= 11 is 0. The number of hydrogen-bond acceptors (Lipinski definition) is 0. The van der Waals surface area contributed by atoms with Crippen LogP contribution in [-0.4, -0.2) is 0 Å². The first-order valence-corrected chi connectivity index (χ1v) is 12.0. The van der Waals surface area contributed by atoms with Gasteiger partial charge in [0.2, 0.25) is 0 Å². The third-order valence-electron chi connectivity index (χ3n) is 7.07. The van der Waals surface area contributed by atoms with E-state index in [9.17, 15) is 0 Å². The second kappa shape index (κ2) is 10.6. The van der Waals surface area contributed by atoms with E-state index in [1.165, 1.54) is 68.1 Å². The Balaban J connectivity index is 1.47. The molecule has 3 aromatic carbocycles. The number of rotatable bonds is 8. The maximum absolute atomic E-state index is 2.41. The Hall–Kier alpha value is -2.34. The average molecular weight is 397 g/mol. The van der Waals surface area contributed by atoms with Gasteiger partial charge in [-0.3, -0.25) is 0 Å². The molecule has 0 heterocycles. The fourth-order valence-corrected chi connectivity index (χ4v) is 5.30. The zero-order valence-corrected chi connectivity index (χ0v) is 18.5. The average Bonchev–Trinajstić information content (AvgIpc) is 2.82. The van der Waals surface area contributed by atoms with E-state index in [0.29, 0.717) is 5.92 Å². The van der Waals surface area contributed by atoms with Crippen LogP contribution in [0.3, 0.4) is 0 Å². The van der Waals surface area contributed by atoms with E-state index < -0.39 is 0 Å². The maximum atomic E-state index is 2.41. The summed E-state index contributed by atoms with van der Waals surface area (Å²) in [5.41, 5.74) is 5.67. The van der Waals surface area contributed by atoms with Crippen molar-refractivity contribution in [2.75, 3.05) is 0 Å². The van der Waals surface area contributed by atoms with E-state index in [1.807, 2.05) is 0 Å². The van der Waals surface area contributed by atoms with Crippen molar-refractivity contribution < 1.29 is 0 Å². The number of hydrogen-bond donors (Lipinski definition) is 0. The summed E-state index contributed by atoms with van der Waals surface area (Å²) in [6.45, 7) is 2.31. The SMILES string of the molecule is CCCCCC1CCC(c2ccc(C(c3ccccc3)c3ccccc3)cc2)CC1. The lowest BCUT2D eigenvalue weighted by Gasteiger charge is -2.29. The van der Waals surface area contributed by atoms with Gasteiger partial charge in [-0.25, -0.2) is 0 Å². The smallest absolute Gasteiger partial charge is 0.0339 e. The molecule has 0 N–H and O–H groups in total. The van der Waals surface area contributed by atoms with E-state index in [2.05, 4.69) is 91.9 Å². The summed E-state index contributed by atoms with van der Waals surface area (Å²) in [6, 6.07) is 31.4. The molecule has 0 unspecified atom stereocenters. The van der Waals surface area contributed by atoms with Crippen LogP contribution in [0.2, 0.25) is 0 Å². The minimum Gasteiger partial charge on any atom is -0.0654 e. The first-order valence-electron chi connectivity index (χ1n) is 12.0. The van der Waals surface area contributed by atoms with E-state index in [-0.39, 0.29) is 0 Å². The van der Waals surface area contributed by atoms with Crippen LogP contribution in [0.1, 0.15) is 92.4 Å². The summed E-state index contributed by atoms with van der Waals surface area (Å²) in [4.78, 5) is 0. The quantitative estimate of drug-likeness (QED) is 0.264. The highest BCUT2D eigenvalue weighted by atomic mass is 14.3. The van der Waals surface area contributed by atoms with E-state index in [0.717, 1.165) is 11.8 Å². The third-order valence-corrected chi connectivity index (χ3v) is 7.07. The Morgan fingerprint density at radius 1 is 0.633 bits per heavy atom. The van der Waals surface area contributed by atoms with E-state index >= 15 is 0 Å². The lowest BCUT2D eigenvalue weighted by molar-refractivity contribution is 0.303. The zero-order valence-electron chi connectivity index (χ0n) is 18.5. The monoisotopic (exact) mass is 396 g/mol. The van der Waals surface area contributed by atoms with Crippen molar-refractivity contribution in [1.82, 2.24) is 0 Å². The molecule has 30 heavy (non-hydrogen) atoms. The van der Waals surface area contributed by atoms with Crippen molar-refractivity contribution >= 4 is 0 Å². The highest BCUT2D eigenvalue weighted by Crippen LogP contribution is 2.39. The van der Waals surface area contributed by atoms with Gasteiger partial charge in [-0.2, -0.15) is 0 Å². The molecule has 156 valence electrons. The van der Waals surface area contributed by atoms with Crippen LogP contribution < -0.4 is 0 Å². The van der Waals surface area contributed by atoms with Crippen molar-refractivity contribution in [2.45, 2.75) is 70.1 Å². The van der Waals surface area contributed by atoms with Crippen molar-refractivity contribution in [3.8, 4) is 0 Å². The molecule has 0 spiro atoms. The second-order valence-corrected chi connectivity index (χ2v) is 9.13.